The number of aryl methyl sites for hydroxylation is 1. The van der Waals surface area contributed by atoms with Crippen LogP contribution in [-0.2, 0) is 11.3 Å². The lowest BCUT2D eigenvalue weighted by Crippen LogP contribution is -2.14. The molecule has 76 valence electrons. The Bertz CT molecular complexity index is 331. The molecule has 0 spiro atoms. The first-order valence-electron chi connectivity index (χ1n) is 4.30. The maximum Gasteiger partial charge on any atom is 0.329 e. The molecule has 0 aromatic carbocycles. The van der Waals surface area contributed by atoms with E-state index in [0.29, 0.717) is 6.54 Å². The lowest BCUT2D eigenvalue weighted by atomic mass is 10.4. The van der Waals surface area contributed by atoms with E-state index in [1.54, 1.807) is 10.9 Å². The van der Waals surface area contributed by atoms with Gasteiger partial charge in [-0.3, -0.25) is 4.68 Å². The topological polar surface area (TPSA) is 67.2 Å². The number of aromatic nitrogens is 2. The number of carbonyl (C=O) groups is 1. The molecule has 1 aromatic rings. The van der Waals surface area contributed by atoms with Gasteiger partial charge in [0.15, 0.2) is 0 Å². The molecule has 0 amide bonds. The van der Waals surface area contributed by atoms with Crippen molar-refractivity contribution in [2.45, 2.75) is 13.5 Å². The van der Waals surface area contributed by atoms with E-state index in [1.165, 1.54) is 6.20 Å². The SMILES string of the molecule is Cc1cnn(CCN/C=C/C(=O)O)c1. The maximum atomic E-state index is 10.1. The zero-order valence-electron chi connectivity index (χ0n) is 7.97. The fourth-order valence-electron chi connectivity index (χ4n) is 0.982. The summed E-state index contributed by atoms with van der Waals surface area (Å²) >= 11 is 0. The number of nitrogens with zero attached hydrogens (tertiary/aromatic N) is 2. The molecule has 0 fully saturated rings. The van der Waals surface area contributed by atoms with Crippen molar-refractivity contribution >= 4 is 5.97 Å². The fourth-order valence-corrected chi connectivity index (χ4v) is 0.982. The summed E-state index contributed by atoms with van der Waals surface area (Å²) in [4.78, 5) is 10.1. The Morgan fingerprint density at radius 1 is 1.79 bits per heavy atom. The summed E-state index contributed by atoms with van der Waals surface area (Å²) in [5.41, 5.74) is 1.12. The van der Waals surface area contributed by atoms with E-state index >= 15 is 0 Å². The van der Waals surface area contributed by atoms with E-state index < -0.39 is 5.97 Å². The third-order valence-electron chi connectivity index (χ3n) is 1.59. The summed E-state index contributed by atoms with van der Waals surface area (Å²) in [6, 6.07) is 0. The lowest BCUT2D eigenvalue weighted by molar-refractivity contribution is -0.131. The first kappa shape index (κ1) is 10.3. The predicted octanol–water partition coefficient (Wildman–Crippen LogP) is 0.379. The summed E-state index contributed by atoms with van der Waals surface area (Å²) in [6.07, 6.45) is 6.20. The average molecular weight is 195 g/mol. The van der Waals surface area contributed by atoms with Crippen LogP contribution in [0.15, 0.2) is 24.7 Å². The van der Waals surface area contributed by atoms with Gasteiger partial charge in [-0.05, 0) is 12.5 Å². The van der Waals surface area contributed by atoms with Gasteiger partial charge in [-0.25, -0.2) is 4.79 Å². The second-order valence-electron chi connectivity index (χ2n) is 2.91. The van der Waals surface area contributed by atoms with E-state index in [9.17, 15) is 4.79 Å². The Kier molecular flexibility index (Phi) is 3.72. The number of aliphatic carboxylic acids is 1. The second-order valence-corrected chi connectivity index (χ2v) is 2.91. The second kappa shape index (κ2) is 5.06. The number of carboxylic acids is 1. The van der Waals surface area contributed by atoms with Crippen LogP contribution in [0.3, 0.4) is 0 Å². The fraction of sp³-hybridized carbons (Fsp3) is 0.333. The largest absolute Gasteiger partial charge is 0.478 e. The van der Waals surface area contributed by atoms with E-state index in [1.807, 2.05) is 13.1 Å². The Balaban J connectivity index is 2.19. The molecule has 0 bridgehead atoms. The van der Waals surface area contributed by atoms with Crippen molar-refractivity contribution in [2.75, 3.05) is 6.54 Å². The van der Waals surface area contributed by atoms with E-state index in [-0.39, 0.29) is 0 Å². The molecule has 1 rings (SSSR count). The number of carboxylic acid groups (broad SMARTS) is 1. The number of hydrogen-bond acceptors (Lipinski definition) is 3. The third-order valence-corrected chi connectivity index (χ3v) is 1.59. The minimum absolute atomic E-state index is 0.658. The molecule has 0 aliphatic rings. The molecule has 1 aromatic heterocycles. The highest BCUT2D eigenvalue weighted by molar-refractivity contribution is 5.79. The van der Waals surface area contributed by atoms with Crippen LogP contribution in [0.25, 0.3) is 0 Å². The summed E-state index contributed by atoms with van der Waals surface area (Å²) in [6.45, 7) is 3.35. The van der Waals surface area contributed by atoms with Crippen molar-refractivity contribution in [3.63, 3.8) is 0 Å². The Morgan fingerprint density at radius 3 is 3.14 bits per heavy atom. The number of rotatable bonds is 5. The van der Waals surface area contributed by atoms with Crippen LogP contribution in [0.1, 0.15) is 5.56 Å². The molecule has 0 saturated carbocycles. The van der Waals surface area contributed by atoms with Crippen molar-refractivity contribution < 1.29 is 9.90 Å². The van der Waals surface area contributed by atoms with Crippen molar-refractivity contribution in [1.29, 1.82) is 0 Å². The summed E-state index contributed by atoms with van der Waals surface area (Å²) in [5.74, 6) is -0.951. The van der Waals surface area contributed by atoms with Gasteiger partial charge in [-0.2, -0.15) is 5.10 Å². The monoisotopic (exact) mass is 195 g/mol. The predicted molar refractivity (Wildman–Crippen MR) is 51.7 cm³/mol. The molecule has 1 heterocycles. The standard InChI is InChI=1S/C9H13N3O2/c1-8-6-11-12(7-8)5-4-10-3-2-9(13)14/h2-3,6-7,10H,4-5H2,1H3,(H,13,14)/b3-2+. The Labute approximate surface area is 82.0 Å². The lowest BCUT2D eigenvalue weighted by Gasteiger charge is -2.00. The van der Waals surface area contributed by atoms with E-state index in [4.69, 9.17) is 5.11 Å². The molecule has 2 N–H and O–H groups in total. The normalized spacial score (nSPS) is 10.6. The van der Waals surface area contributed by atoms with E-state index in [2.05, 4.69) is 10.4 Å². The quantitative estimate of drug-likeness (QED) is 0.526. The summed E-state index contributed by atoms with van der Waals surface area (Å²) in [5, 5.41) is 15.2. The number of nitrogens with one attached hydrogen (secondary N) is 1. The van der Waals surface area contributed by atoms with Crippen LogP contribution in [-0.4, -0.2) is 27.4 Å². The van der Waals surface area contributed by atoms with Crippen LogP contribution in [0.5, 0.6) is 0 Å². The molecular formula is C9H13N3O2. The first-order chi connectivity index (χ1) is 6.68. The number of hydrogen-bond donors (Lipinski definition) is 2. The zero-order chi connectivity index (χ0) is 10.4. The molecule has 14 heavy (non-hydrogen) atoms. The van der Waals surface area contributed by atoms with Gasteiger partial charge in [0, 0.05) is 25.0 Å². The maximum absolute atomic E-state index is 10.1. The molecule has 0 radical (unpaired) electrons. The van der Waals surface area contributed by atoms with Crippen molar-refractivity contribution in [2.24, 2.45) is 0 Å². The van der Waals surface area contributed by atoms with Gasteiger partial charge in [0.25, 0.3) is 0 Å². The Morgan fingerprint density at radius 2 is 2.57 bits per heavy atom. The van der Waals surface area contributed by atoms with E-state index in [0.717, 1.165) is 18.2 Å². The zero-order valence-corrected chi connectivity index (χ0v) is 7.97. The highest BCUT2D eigenvalue weighted by Gasteiger charge is 1.91. The highest BCUT2D eigenvalue weighted by atomic mass is 16.4. The van der Waals surface area contributed by atoms with Gasteiger partial charge in [-0.15, -0.1) is 0 Å². The van der Waals surface area contributed by atoms with Crippen molar-refractivity contribution in [1.82, 2.24) is 15.1 Å². The molecule has 0 aliphatic heterocycles. The van der Waals surface area contributed by atoms with Gasteiger partial charge < -0.3 is 10.4 Å². The molecular weight excluding hydrogens is 182 g/mol. The van der Waals surface area contributed by atoms with Gasteiger partial charge in [0.05, 0.1) is 12.7 Å². The highest BCUT2D eigenvalue weighted by Crippen LogP contribution is 1.92. The van der Waals surface area contributed by atoms with Crippen LogP contribution in [0, 0.1) is 6.92 Å². The van der Waals surface area contributed by atoms with Gasteiger partial charge in [-0.1, -0.05) is 0 Å². The van der Waals surface area contributed by atoms with Gasteiger partial charge in [0.2, 0.25) is 0 Å². The van der Waals surface area contributed by atoms with Gasteiger partial charge in [0.1, 0.15) is 0 Å². The summed E-state index contributed by atoms with van der Waals surface area (Å²) in [7, 11) is 0. The van der Waals surface area contributed by atoms with Crippen LogP contribution in [0.4, 0.5) is 0 Å². The Hall–Kier alpha value is -1.78. The smallest absolute Gasteiger partial charge is 0.329 e. The molecule has 5 heteroatoms. The molecule has 0 aliphatic carbocycles. The minimum Gasteiger partial charge on any atom is -0.478 e. The van der Waals surface area contributed by atoms with Crippen LogP contribution < -0.4 is 5.32 Å². The first-order valence-corrected chi connectivity index (χ1v) is 4.30. The van der Waals surface area contributed by atoms with Gasteiger partial charge >= 0.3 is 5.97 Å². The summed E-state index contributed by atoms with van der Waals surface area (Å²) < 4.78 is 1.80. The molecule has 0 atom stereocenters. The van der Waals surface area contributed by atoms with Crippen molar-refractivity contribution in [3.05, 3.63) is 30.2 Å². The van der Waals surface area contributed by atoms with Crippen LogP contribution >= 0.6 is 0 Å². The molecule has 0 saturated heterocycles. The average Bonchev–Trinajstić information content (AvgIpc) is 2.50. The molecule has 5 nitrogen and oxygen atoms in total. The van der Waals surface area contributed by atoms with Crippen molar-refractivity contribution in [3.8, 4) is 0 Å². The van der Waals surface area contributed by atoms with Crippen LogP contribution in [0.2, 0.25) is 0 Å². The molecule has 0 unspecified atom stereocenters. The minimum atomic E-state index is -0.951. The third kappa shape index (κ3) is 3.75.